The van der Waals surface area contributed by atoms with Gasteiger partial charge in [-0.25, -0.2) is 4.79 Å². The lowest BCUT2D eigenvalue weighted by atomic mass is 10.1. The lowest BCUT2D eigenvalue weighted by molar-refractivity contribution is -0.139. The number of carbonyl (C=O) groups is 2. The molecular formula is C26H19N3O4. The second-order valence-electron chi connectivity index (χ2n) is 7.37. The van der Waals surface area contributed by atoms with Crippen LogP contribution in [0, 0.1) is 11.3 Å². The zero-order chi connectivity index (χ0) is 23.2. The van der Waals surface area contributed by atoms with E-state index in [0.717, 1.165) is 16.3 Å². The molecule has 1 heterocycles. The number of amides is 1. The van der Waals surface area contributed by atoms with Crippen LogP contribution in [0.5, 0.6) is 11.5 Å². The third-order valence-electron chi connectivity index (χ3n) is 5.05. The fourth-order valence-electron chi connectivity index (χ4n) is 3.30. The summed E-state index contributed by atoms with van der Waals surface area (Å²) in [4.78, 5) is 28.5. The van der Waals surface area contributed by atoms with Gasteiger partial charge in [0.15, 0.2) is 0 Å². The van der Waals surface area contributed by atoms with Gasteiger partial charge in [-0.2, -0.15) is 5.26 Å². The number of carboxylic acid groups (broad SMARTS) is 1. The molecule has 3 aromatic carbocycles. The van der Waals surface area contributed by atoms with Crippen LogP contribution in [0.1, 0.15) is 21.6 Å². The molecule has 1 aromatic heterocycles. The number of nitrogens with zero attached hydrogens (tertiary/aromatic N) is 2. The van der Waals surface area contributed by atoms with Crippen molar-refractivity contribution in [1.29, 1.82) is 5.26 Å². The van der Waals surface area contributed by atoms with E-state index in [-0.39, 0.29) is 12.1 Å². The number of carbonyl (C=O) groups excluding carboxylic acids is 1. The van der Waals surface area contributed by atoms with Crippen molar-refractivity contribution in [2.75, 3.05) is 0 Å². The van der Waals surface area contributed by atoms with Gasteiger partial charge in [-0.15, -0.1) is 0 Å². The Bertz CT molecular complexity index is 1340. The van der Waals surface area contributed by atoms with Crippen LogP contribution in [0.4, 0.5) is 0 Å². The Labute approximate surface area is 189 Å². The largest absolute Gasteiger partial charge is 0.480 e. The summed E-state index contributed by atoms with van der Waals surface area (Å²) in [5, 5.41) is 22.8. The number of carboxylic acids is 1. The Morgan fingerprint density at radius 3 is 2.24 bits per heavy atom. The molecule has 0 bridgehead atoms. The molecule has 162 valence electrons. The molecule has 33 heavy (non-hydrogen) atoms. The molecule has 4 aromatic rings. The maximum atomic E-state index is 12.6. The molecule has 0 spiro atoms. The molecule has 0 aliphatic carbocycles. The van der Waals surface area contributed by atoms with Crippen LogP contribution in [0.15, 0.2) is 85.1 Å². The van der Waals surface area contributed by atoms with Gasteiger partial charge < -0.3 is 15.2 Å². The first-order chi connectivity index (χ1) is 16.0. The summed E-state index contributed by atoms with van der Waals surface area (Å²) >= 11 is 0. The summed E-state index contributed by atoms with van der Waals surface area (Å²) in [5.74, 6) is -0.531. The third-order valence-corrected chi connectivity index (χ3v) is 5.05. The van der Waals surface area contributed by atoms with E-state index in [2.05, 4.69) is 10.3 Å². The SMILES string of the molecule is N#Cc1ccc(Oc2ccc(CC(NC(=O)c3cc4ccccc4cn3)C(=O)O)cc2)cc1. The first kappa shape index (κ1) is 21.5. The van der Waals surface area contributed by atoms with Crippen molar-refractivity contribution in [2.24, 2.45) is 0 Å². The van der Waals surface area contributed by atoms with E-state index < -0.39 is 17.9 Å². The van der Waals surface area contributed by atoms with Crippen LogP contribution < -0.4 is 10.1 Å². The van der Waals surface area contributed by atoms with E-state index in [1.807, 2.05) is 30.3 Å². The lowest BCUT2D eigenvalue weighted by Gasteiger charge is -2.15. The second kappa shape index (κ2) is 9.62. The monoisotopic (exact) mass is 437 g/mol. The summed E-state index contributed by atoms with van der Waals surface area (Å²) in [6, 6.07) is 23.7. The first-order valence-corrected chi connectivity index (χ1v) is 10.2. The van der Waals surface area contributed by atoms with Crippen LogP contribution in [-0.2, 0) is 11.2 Å². The lowest BCUT2D eigenvalue weighted by Crippen LogP contribution is -2.42. The molecule has 0 fully saturated rings. The highest BCUT2D eigenvalue weighted by atomic mass is 16.5. The normalized spacial score (nSPS) is 11.4. The molecular weight excluding hydrogens is 418 g/mol. The zero-order valence-corrected chi connectivity index (χ0v) is 17.4. The van der Waals surface area contributed by atoms with E-state index in [1.54, 1.807) is 60.8 Å². The Hall–Kier alpha value is -4.70. The van der Waals surface area contributed by atoms with Crippen molar-refractivity contribution in [3.63, 3.8) is 0 Å². The number of aromatic nitrogens is 1. The highest BCUT2D eigenvalue weighted by Gasteiger charge is 2.22. The molecule has 0 saturated heterocycles. The smallest absolute Gasteiger partial charge is 0.326 e. The van der Waals surface area contributed by atoms with Crippen molar-refractivity contribution in [2.45, 2.75) is 12.5 Å². The van der Waals surface area contributed by atoms with Gasteiger partial charge in [0, 0.05) is 18.0 Å². The standard InChI is InChI=1S/C26H19N3O4/c27-15-18-7-11-22(12-8-18)33-21-9-5-17(6-10-21)13-24(26(31)32)29-25(30)23-14-19-3-1-2-4-20(19)16-28-23/h1-12,14,16,24H,13H2,(H,29,30)(H,31,32). The van der Waals surface area contributed by atoms with Crippen molar-refractivity contribution in [3.8, 4) is 17.6 Å². The topological polar surface area (TPSA) is 112 Å². The van der Waals surface area contributed by atoms with Crippen LogP contribution in [0.2, 0.25) is 0 Å². The molecule has 0 aliphatic heterocycles. The highest BCUT2D eigenvalue weighted by Crippen LogP contribution is 2.22. The van der Waals surface area contributed by atoms with Gasteiger partial charge in [-0.1, -0.05) is 36.4 Å². The van der Waals surface area contributed by atoms with Crippen LogP contribution in [-0.4, -0.2) is 28.0 Å². The van der Waals surface area contributed by atoms with Gasteiger partial charge >= 0.3 is 5.97 Å². The minimum atomic E-state index is -1.14. The number of pyridine rings is 1. The van der Waals surface area contributed by atoms with E-state index in [4.69, 9.17) is 10.00 Å². The third kappa shape index (κ3) is 5.32. The first-order valence-electron chi connectivity index (χ1n) is 10.2. The molecule has 1 amide bonds. The molecule has 2 N–H and O–H groups in total. The van der Waals surface area contributed by atoms with Crippen LogP contribution in [0.25, 0.3) is 10.8 Å². The number of rotatable bonds is 7. The number of fused-ring (bicyclic) bond motifs is 1. The molecule has 0 radical (unpaired) electrons. The highest BCUT2D eigenvalue weighted by molar-refractivity contribution is 5.98. The Balaban J connectivity index is 1.42. The zero-order valence-electron chi connectivity index (χ0n) is 17.4. The van der Waals surface area contributed by atoms with Gasteiger partial charge in [0.05, 0.1) is 11.6 Å². The maximum Gasteiger partial charge on any atom is 0.326 e. The molecule has 4 rings (SSSR count). The van der Waals surface area contributed by atoms with Crippen molar-refractivity contribution in [3.05, 3.63) is 102 Å². The number of aliphatic carboxylic acids is 1. The van der Waals surface area contributed by atoms with E-state index in [1.165, 1.54) is 0 Å². The molecule has 0 aliphatic rings. The van der Waals surface area contributed by atoms with Gasteiger partial charge in [-0.05, 0) is 53.4 Å². The van der Waals surface area contributed by atoms with Crippen molar-refractivity contribution < 1.29 is 19.4 Å². The summed E-state index contributed by atoms with van der Waals surface area (Å²) in [6.07, 6.45) is 1.69. The molecule has 7 heteroatoms. The van der Waals surface area contributed by atoms with Crippen LogP contribution >= 0.6 is 0 Å². The second-order valence-corrected chi connectivity index (χ2v) is 7.37. The van der Waals surface area contributed by atoms with Gasteiger partial charge in [-0.3, -0.25) is 9.78 Å². The fourth-order valence-corrected chi connectivity index (χ4v) is 3.30. The number of nitrogens with one attached hydrogen (secondary N) is 1. The summed E-state index contributed by atoms with van der Waals surface area (Å²) < 4.78 is 5.74. The van der Waals surface area contributed by atoms with E-state index >= 15 is 0 Å². The summed E-state index contributed by atoms with van der Waals surface area (Å²) in [7, 11) is 0. The summed E-state index contributed by atoms with van der Waals surface area (Å²) in [6.45, 7) is 0. The molecule has 1 atom stereocenters. The average Bonchev–Trinajstić information content (AvgIpc) is 2.84. The predicted molar refractivity (Wildman–Crippen MR) is 122 cm³/mol. The van der Waals surface area contributed by atoms with Gasteiger partial charge in [0.25, 0.3) is 5.91 Å². The minimum Gasteiger partial charge on any atom is -0.480 e. The number of benzene rings is 3. The fraction of sp³-hybridized carbons (Fsp3) is 0.0769. The van der Waals surface area contributed by atoms with Crippen molar-refractivity contribution in [1.82, 2.24) is 10.3 Å². The molecule has 7 nitrogen and oxygen atoms in total. The number of ether oxygens (including phenoxy) is 1. The van der Waals surface area contributed by atoms with Crippen LogP contribution in [0.3, 0.4) is 0 Å². The Kier molecular flexibility index (Phi) is 6.28. The number of hydrogen-bond acceptors (Lipinski definition) is 5. The summed E-state index contributed by atoms with van der Waals surface area (Å²) in [5.41, 5.74) is 1.42. The molecule has 1 unspecified atom stereocenters. The Morgan fingerprint density at radius 2 is 1.61 bits per heavy atom. The quantitative estimate of drug-likeness (QED) is 0.445. The van der Waals surface area contributed by atoms with E-state index in [0.29, 0.717) is 17.1 Å². The van der Waals surface area contributed by atoms with Crippen molar-refractivity contribution >= 4 is 22.6 Å². The number of nitriles is 1. The van der Waals surface area contributed by atoms with E-state index in [9.17, 15) is 14.7 Å². The predicted octanol–water partition coefficient (Wildman–Crippen LogP) is 4.32. The minimum absolute atomic E-state index is 0.103. The van der Waals surface area contributed by atoms with Gasteiger partial charge in [0.2, 0.25) is 0 Å². The Morgan fingerprint density at radius 1 is 0.970 bits per heavy atom. The molecule has 0 saturated carbocycles. The average molecular weight is 437 g/mol. The number of hydrogen-bond donors (Lipinski definition) is 2. The van der Waals surface area contributed by atoms with Gasteiger partial charge in [0.1, 0.15) is 23.2 Å². The maximum absolute atomic E-state index is 12.6.